The standard InChI is InChI=1S/C31H42N8O3/c1-17(2)38(14-23-26(40)27(41)30(42-23)39-16-35-25-28(32)33-15-34-29(25)39)20-11-18(12-20)5-8-24-36-21-7-6-19(13-22(21)37-24)31(3)9-4-10-31/h6-7,13,15-18,20,23,26-27,30,40-41H,4-5,8-12,14H2,1-3H3,(H,36,37)(H2,32,33,34)/t18?,20?,23-,26-,27-,30-/m1/s1. The molecule has 0 radical (unpaired) electrons. The van der Waals surface area contributed by atoms with Crippen LogP contribution >= 0.6 is 0 Å². The maximum atomic E-state index is 11.0. The molecule has 7 rings (SSSR count). The molecule has 0 bridgehead atoms. The van der Waals surface area contributed by atoms with Crippen LogP contribution in [0.3, 0.4) is 0 Å². The van der Waals surface area contributed by atoms with Gasteiger partial charge in [-0.05, 0) is 75.0 Å². The third-order valence-corrected chi connectivity index (χ3v) is 10.2. The van der Waals surface area contributed by atoms with Crippen molar-refractivity contribution < 1.29 is 14.9 Å². The number of aryl methyl sites for hydroxylation is 1. The SMILES string of the molecule is CC(C)N(C[C@H]1O[C@@H](n2cnc3c(N)ncnc32)[C@H](O)[C@@H]1O)C1CC(CCc2nc3ccc(C4(C)CCC4)cc3[nH]2)C1. The highest BCUT2D eigenvalue weighted by Gasteiger charge is 2.46. The minimum Gasteiger partial charge on any atom is -0.387 e. The molecule has 4 aromatic rings. The lowest BCUT2D eigenvalue weighted by Crippen LogP contribution is -2.52. The Morgan fingerprint density at radius 1 is 1.17 bits per heavy atom. The summed E-state index contributed by atoms with van der Waals surface area (Å²) in [6.45, 7) is 7.27. The zero-order valence-electron chi connectivity index (χ0n) is 24.6. The van der Waals surface area contributed by atoms with E-state index < -0.39 is 24.5 Å². The number of ether oxygens (including phenoxy) is 1. The molecule has 4 heterocycles. The van der Waals surface area contributed by atoms with Crippen molar-refractivity contribution in [3.05, 3.63) is 42.2 Å². The number of aliphatic hydroxyl groups excluding tert-OH is 2. The monoisotopic (exact) mass is 574 g/mol. The van der Waals surface area contributed by atoms with Crippen molar-refractivity contribution in [2.75, 3.05) is 12.3 Å². The maximum absolute atomic E-state index is 11.0. The second kappa shape index (κ2) is 10.6. The fourth-order valence-electron chi connectivity index (χ4n) is 7.26. The van der Waals surface area contributed by atoms with Gasteiger partial charge in [0.15, 0.2) is 17.7 Å². The van der Waals surface area contributed by atoms with Gasteiger partial charge in [0.2, 0.25) is 0 Å². The van der Waals surface area contributed by atoms with Crippen LogP contribution in [0, 0.1) is 5.92 Å². The Labute approximate surface area is 245 Å². The van der Waals surface area contributed by atoms with E-state index in [9.17, 15) is 10.2 Å². The first-order valence-electron chi connectivity index (χ1n) is 15.4. The number of benzene rings is 1. The van der Waals surface area contributed by atoms with Gasteiger partial charge < -0.3 is 25.7 Å². The fraction of sp³-hybridized carbons (Fsp3) is 0.613. The normalized spacial score (nSPS) is 29.0. The lowest BCUT2D eigenvalue weighted by Gasteiger charge is -2.46. The number of imidazole rings is 2. The van der Waals surface area contributed by atoms with Crippen molar-refractivity contribution >= 4 is 28.0 Å². The Balaban J connectivity index is 0.954. The molecule has 2 saturated carbocycles. The molecule has 1 aliphatic heterocycles. The van der Waals surface area contributed by atoms with Gasteiger partial charge in [0.25, 0.3) is 0 Å². The van der Waals surface area contributed by atoms with Gasteiger partial charge in [0.1, 0.15) is 36.0 Å². The average molecular weight is 575 g/mol. The van der Waals surface area contributed by atoms with Gasteiger partial charge in [0, 0.05) is 25.0 Å². The molecule has 0 unspecified atom stereocenters. The molecule has 42 heavy (non-hydrogen) atoms. The van der Waals surface area contributed by atoms with Crippen LogP contribution in [0.1, 0.15) is 76.9 Å². The Hall–Kier alpha value is -3.12. The van der Waals surface area contributed by atoms with Gasteiger partial charge in [-0.1, -0.05) is 19.4 Å². The highest BCUT2D eigenvalue weighted by molar-refractivity contribution is 5.81. The molecular formula is C31H42N8O3. The zero-order chi connectivity index (χ0) is 29.2. The number of nitrogens with one attached hydrogen (secondary N) is 1. The van der Waals surface area contributed by atoms with E-state index in [1.54, 1.807) is 4.57 Å². The van der Waals surface area contributed by atoms with Crippen molar-refractivity contribution in [1.29, 1.82) is 0 Å². The minimum atomic E-state index is -1.11. The number of H-pyrrole nitrogens is 1. The summed E-state index contributed by atoms with van der Waals surface area (Å²) in [4.78, 5) is 23.4. The van der Waals surface area contributed by atoms with E-state index in [1.165, 1.54) is 37.5 Å². The number of nitrogens with zero attached hydrogens (tertiary/aromatic N) is 6. The number of hydrogen-bond donors (Lipinski definition) is 4. The molecule has 4 atom stereocenters. The average Bonchev–Trinajstić information content (AvgIpc) is 3.62. The van der Waals surface area contributed by atoms with Crippen LogP contribution < -0.4 is 5.73 Å². The molecule has 3 aliphatic rings. The topological polar surface area (TPSA) is 151 Å². The minimum absolute atomic E-state index is 0.265. The van der Waals surface area contributed by atoms with Crippen LogP contribution in [0.5, 0.6) is 0 Å². The maximum Gasteiger partial charge on any atom is 0.167 e. The third kappa shape index (κ3) is 4.76. The molecule has 0 amide bonds. The summed E-state index contributed by atoms with van der Waals surface area (Å²) in [6, 6.07) is 7.45. The lowest BCUT2D eigenvalue weighted by atomic mass is 9.66. The number of hydrogen-bond acceptors (Lipinski definition) is 9. The molecule has 11 heteroatoms. The number of nitrogens with two attached hydrogens (primary N) is 1. The summed E-state index contributed by atoms with van der Waals surface area (Å²) in [5.74, 6) is 1.98. The molecule has 2 aliphatic carbocycles. The molecule has 11 nitrogen and oxygen atoms in total. The number of fused-ring (bicyclic) bond motifs is 2. The summed E-state index contributed by atoms with van der Waals surface area (Å²) in [5, 5.41) is 21.9. The molecule has 1 aromatic carbocycles. The van der Waals surface area contributed by atoms with E-state index in [1.807, 2.05) is 0 Å². The Morgan fingerprint density at radius 3 is 2.71 bits per heavy atom. The molecule has 3 aromatic heterocycles. The second-order valence-corrected chi connectivity index (χ2v) is 13.3. The summed E-state index contributed by atoms with van der Waals surface area (Å²) in [6.07, 6.45) is 7.57. The van der Waals surface area contributed by atoms with Crippen molar-refractivity contribution in [2.24, 2.45) is 5.92 Å². The predicted octanol–water partition coefficient (Wildman–Crippen LogP) is 3.47. The summed E-state index contributed by atoms with van der Waals surface area (Å²) >= 11 is 0. The number of aromatic nitrogens is 6. The number of anilines is 1. The fourth-order valence-corrected chi connectivity index (χ4v) is 7.26. The van der Waals surface area contributed by atoms with Crippen LogP contribution in [0.2, 0.25) is 0 Å². The number of aliphatic hydroxyl groups is 2. The highest BCUT2D eigenvalue weighted by atomic mass is 16.6. The second-order valence-electron chi connectivity index (χ2n) is 13.3. The van der Waals surface area contributed by atoms with Gasteiger partial charge in [-0.3, -0.25) is 9.47 Å². The van der Waals surface area contributed by atoms with Crippen LogP contribution in [-0.2, 0) is 16.6 Å². The van der Waals surface area contributed by atoms with E-state index in [0.717, 1.165) is 42.5 Å². The first-order valence-corrected chi connectivity index (χ1v) is 15.4. The van der Waals surface area contributed by atoms with E-state index in [2.05, 4.69) is 63.8 Å². The predicted molar refractivity (Wildman–Crippen MR) is 160 cm³/mol. The van der Waals surface area contributed by atoms with Gasteiger partial charge in [-0.2, -0.15) is 0 Å². The molecular weight excluding hydrogens is 532 g/mol. The molecule has 224 valence electrons. The lowest BCUT2D eigenvalue weighted by molar-refractivity contribution is -0.0620. The highest BCUT2D eigenvalue weighted by Crippen LogP contribution is 2.44. The Kier molecular flexibility index (Phi) is 6.96. The number of rotatable bonds is 9. The Morgan fingerprint density at radius 2 is 1.98 bits per heavy atom. The zero-order valence-corrected chi connectivity index (χ0v) is 24.6. The van der Waals surface area contributed by atoms with E-state index in [4.69, 9.17) is 15.5 Å². The molecule has 0 spiro atoms. The van der Waals surface area contributed by atoms with Gasteiger partial charge in [-0.25, -0.2) is 19.9 Å². The van der Waals surface area contributed by atoms with Crippen molar-refractivity contribution in [2.45, 2.75) is 108 Å². The summed E-state index contributed by atoms with van der Waals surface area (Å²) < 4.78 is 7.88. The summed E-state index contributed by atoms with van der Waals surface area (Å²) in [7, 11) is 0. The quantitative estimate of drug-likeness (QED) is 0.236. The van der Waals surface area contributed by atoms with E-state index >= 15 is 0 Å². The Bertz CT molecular complexity index is 1570. The van der Waals surface area contributed by atoms with E-state index in [0.29, 0.717) is 35.1 Å². The van der Waals surface area contributed by atoms with Crippen LogP contribution in [-0.4, -0.2) is 81.5 Å². The molecule has 3 fully saturated rings. The third-order valence-electron chi connectivity index (χ3n) is 10.2. The number of aromatic amines is 1. The van der Waals surface area contributed by atoms with Crippen molar-refractivity contribution in [3.8, 4) is 0 Å². The first-order chi connectivity index (χ1) is 20.2. The van der Waals surface area contributed by atoms with Crippen molar-refractivity contribution in [1.82, 2.24) is 34.4 Å². The van der Waals surface area contributed by atoms with Crippen molar-refractivity contribution in [3.63, 3.8) is 0 Å². The first kappa shape index (κ1) is 27.7. The van der Waals surface area contributed by atoms with Crippen LogP contribution in [0.4, 0.5) is 5.82 Å². The van der Waals surface area contributed by atoms with Gasteiger partial charge >= 0.3 is 0 Å². The molecule has 1 saturated heterocycles. The van der Waals surface area contributed by atoms with Gasteiger partial charge in [0.05, 0.1) is 17.4 Å². The molecule has 5 N–H and O–H groups in total. The van der Waals surface area contributed by atoms with E-state index in [-0.39, 0.29) is 11.9 Å². The van der Waals surface area contributed by atoms with Crippen LogP contribution in [0.25, 0.3) is 22.2 Å². The largest absolute Gasteiger partial charge is 0.387 e. The smallest absolute Gasteiger partial charge is 0.167 e. The van der Waals surface area contributed by atoms with Crippen LogP contribution in [0.15, 0.2) is 30.9 Å². The van der Waals surface area contributed by atoms with Gasteiger partial charge in [-0.15, -0.1) is 0 Å². The number of nitrogen functional groups attached to an aromatic ring is 1. The summed E-state index contributed by atoms with van der Waals surface area (Å²) in [5.41, 5.74) is 10.8.